The van der Waals surface area contributed by atoms with Gasteiger partial charge in [-0.3, -0.25) is 9.78 Å². The van der Waals surface area contributed by atoms with Gasteiger partial charge in [0.1, 0.15) is 10.7 Å². The lowest BCUT2D eigenvalue weighted by molar-refractivity contribution is 0.0947. The van der Waals surface area contributed by atoms with E-state index in [0.717, 1.165) is 17.1 Å². The normalized spacial score (nSPS) is 10.7. The standard InChI is InChI=1S/C13H16N4OS/c1-17(2)8-7-15-12(18)11-9-19-13(16-11)10-3-5-14-6-4-10/h3-6,9H,7-8H2,1-2H3,(H,15,18). The number of amides is 1. The molecule has 2 heterocycles. The van der Waals surface area contributed by atoms with Gasteiger partial charge >= 0.3 is 0 Å². The Kier molecular flexibility index (Phi) is 4.59. The molecule has 0 saturated carbocycles. The van der Waals surface area contributed by atoms with Crippen LogP contribution in [0.15, 0.2) is 29.9 Å². The average molecular weight is 276 g/mol. The van der Waals surface area contributed by atoms with Gasteiger partial charge in [0.25, 0.3) is 5.91 Å². The first-order valence-electron chi connectivity index (χ1n) is 5.95. The van der Waals surface area contributed by atoms with E-state index in [9.17, 15) is 4.79 Å². The summed E-state index contributed by atoms with van der Waals surface area (Å²) in [5, 5.41) is 5.46. The highest BCUT2D eigenvalue weighted by molar-refractivity contribution is 7.13. The Balaban J connectivity index is 1.99. The van der Waals surface area contributed by atoms with Crippen LogP contribution < -0.4 is 5.32 Å². The van der Waals surface area contributed by atoms with Crippen molar-refractivity contribution in [2.45, 2.75) is 0 Å². The number of thiazole rings is 1. The number of hydrogen-bond donors (Lipinski definition) is 1. The van der Waals surface area contributed by atoms with Crippen LogP contribution in [0, 0.1) is 0 Å². The van der Waals surface area contributed by atoms with Crippen LogP contribution in [0.5, 0.6) is 0 Å². The summed E-state index contributed by atoms with van der Waals surface area (Å²) in [5.41, 5.74) is 1.45. The Morgan fingerprint density at radius 3 is 2.79 bits per heavy atom. The molecule has 19 heavy (non-hydrogen) atoms. The van der Waals surface area contributed by atoms with E-state index >= 15 is 0 Å². The first-order chi connectivity index (χ1) is 9.16. The molecular formula is C13H16N4OS. The molecule has 1 N–H and O–H groups in total. The maximum atomic E-state index is 11.9. The third-order valence-electron chi connectivity index (χ3n) is 2.51. The summed E-state index contributed by atoms with van der Waals surface area (Å²) in [6, 6.07) is 3.76. The summed E-state index contributed by atoms with van der Waals surface area (Å²) in [5.74, 6) is -0.126. The van der Waals surface area contributed by atoms with Crippen LogP contribution in [0.3, 0.4) is 0 Å². The lowest BCUT2D eigenvalue weighted by atomic mass is 10.3. The van der Waals surface area contributed by atoms with E-state index in [1.807, 2.05) is 31.1 Å². The van der Waals surface area contributed by atoms with Gasteiger partial charge in [-0.15, -0.1) is 11.3 Å². The van der Waals surface area contributed by atoms with E-state index in [1.165, 1.54) is 11.3 Å². The molecule has 100 valence electrons. The molecule has 5 nitrogen and oxygen atoms in total. The lowest BCUT2D eigenvalue weighted by Crippen LogP contribution is -2.31. The summed E-state index contributed by atoms with van der Waals surface area (Å²) in [7, 11) is 3.94. The minimum Gasteiger partial charge on any atom is -0.349 e. The number of rotatable bonds is 5. The van der Waals surface area contributed by atoms with Gasteiger partial charge in [0.05, 0.1) is 0 Å². The monoisotopic (exact) mass is 276 g/mol. The fourth-order valence-electron chi connectivity index (χ4n) is 1.49. The van der Waals surface area contributed by atoms with Gasteiger partial charge in [-0.05, 0) is 26.2 Å². The van der Waals surface area contributed by atoms with E-state index in [1.54, 1.807) is 17.8 Å². The quantitative estimate of drug-likeness (QED) is 0.899. The van der Waals surface area contributed by atoms with Gasteiger partial charge in [0.15, 0.2) is 0 Å². The molecule has 0 aromatic carbocycles. The molecule has 6 heteroatoms. The molecule has 0 fully saturated rings. The maximum absolute atomic E-state index is 11.9. The van der Waals surface area contributed by atoms with Crippen LogP contribution in [0.1, 0.15) is 10.5 Å². The summed E-state index contributed by atoms with van der Waals surface area (Å²) in [4.78, 5) is 22.2. The third kappa shape index (κ3) is 3.84. The van der Waals surface area contributed by atoms with Crippen LogP contribution in [0.2, 0.25) is 0 Å². The first kappa shape index (κ1) is 13.6. The van der Waals surface area contributed by atoms with Crippen molar-refractivity contribution < 1.29 is 4.79 Å². The summed E-state index contributed by atoms with van der Waals surface area (Å²) in [6.45, 7) is 1.43. The van der Waals surface area contributed by atoms with Crippen molar-refractivity contribution in [3.05, 3.63) is 35.6 Å². The number of likely N-dealkylation sites (N-methyl/N-ethyl adjacent to an activating group) is 1. The molecule has 0 aliphatic carbocycles. The number of hydrogen-bond acceptors (Lipinski definition) is 5. The molecule has 0 radical (unpaired) electrons. The zero-order chi connectivity index (χ0) is 13.7. The van der Waals surface area contributed by atoms with E-state index < -0.39 is 0 Å². The second kappa shape index (κ2) is 6.40. The molecule has 2 rings (SSSR count). The highest BCUT2D eigenvalue weighted by Crippen LogP contribution is 2.22. The van der Waals surface area contributed by atoms with Crippen molar-refractivity contribution in [2.75, 3.05) is 27.2 Å². The lowest BCUT2D eigenvalue weighted by Gasteiger charge is -2.09. The molecule has 0 atom stereocenters. The minimum atomic E-state index is -0.126. The Labute approximate surface area is 116 Å². The third-order valence-corrected chi connectivity index (χ3v) is 3.40. The van der Waals surface area contributed by atoms with Gasteiger partial charge < -0.3 is 10.2 Å². The molecule has 0 bridgehead atoms. The zero-order valence-corrected chi connectivity index (χ0v) is 11.8. The highest BCUT2D eigenvalue weighted by atomic mass is 32.1. The van der Waals surface area contributed by atoms with Gasteiger partial charge in [-0.2, -0.15) is 0 Å². The Morgan fingerprint density at radius 1 is 1.37 bits per heavy atom. The molecule has 0 unspecified atom stereocenters. The van der Waals surface area contributed by atoms with Crippen molar-refractivity contribution in [1.82, 2.24) is 20.2 Å². The zero-order valence-electron chi connectivity index (χ0n) is 11.0. The van der Waals surface area contributed by atoms with Crippen molar-refractivity contribution in [2.24, 2.45) is 0 Å². The second-order valence-electron chi connectivity index (χ2n) is 4.33. The maximum Gasteiger partial charge on any atom is 0.270 e. The van der Waals surface area contributed by atoms with Crippen LogP contribution in [0.25, 0.3) is 10.6 Å². The van der Waals surface area contributed by atoms with Gasteiger partial charge in [0, 0.05) is 36.4 Å². The molecule has 2 aromatic heterocycles. The molecule has 0 spiro atoms. The van der Waals surface area contributed by atoms with Crippen LogP contribution >= 0.6 is 11.3 Å². The summed E-state index contributed by atoms with van der Waals surface area (Å²) in [6.07, 6.45) is 3.43. The van der Waals surface area contributed by atoms with Crippen molar-refractivity contribution in [1.29, 1.82) is 0 Å². The molecule has 0 aliphatic rings. The van der Waals surface area contributed by atoms with E-state index in [0.29, 0.717) is 12.2 Å². The highest BCUT2D eigenvalue weighted by Gasteiger charge is 2.11. The van der Waals surface area contributed by atoms with Gasteiger partial charge in [-0.1, -0.05) is 0 Å². The Hall–Kier alpha value is -1.79. The number of pyridine rings is 1. The SMILES string of the molecule is CN(C)CCNC(=O)c1csc(-c2ccncc2)n1. The number of nitrogens with one attached hydrogen (secondary N) is 1. The van der Waals surface area contributed by atoms with Crippen LogP contribution in [-0.2, 0) is 0 Å². The number of aromatic nitrogens is 2. The fraction of sp³-hybridized carbons (Fsp3) is 0.308. The molecule has 0 saturated heterocycles. The Bertz CT molecular complexity index is 539. The summed E-state index contributed by atoms with van der Waals surface area (Å²) >= 11 is 1.46. The molecule has 2 aromatic rings. The smallest absolute Gasteiger partial charge is 0.270 e. The number of carbonyl (C=O) groups is 1. The average Bonchev–Trinajstić information content (AvgIpc) is 2.89. The minimum absolute atomic E-state index is 0.126. The molecule has 0 aliphatic heterocycles. The van der Waals surface area contributed by atoms with E-state index in [4.69, 9.17) is 0 Å². The predicted molar refractivity (Wildman–Crippen MR) is 76.2 cm³/mol. The number of nitrogens with zero attached hydrogens (tertiary/aromatic N) is 3. The first-order valence-corrected chi connectivity index (χ1v) is 6.83. The van der Waals surface area contributed by atoms with E-state index in [-0.39, 0.29) is 5.91 Å². The molecule has 1 amide bonds. The number of carbonyl (C=O) groups excluding carboxylic acids is 1. The van der Waals surface area contributed by atoms with Crippen molar-refractivity contribution in [3.8, 4) is 10.6 Å². The van der Waals surface area contributed by atoms with Crippen molar-refractivity contribution >= 4 is 17.2 Å². The van der Waals surface area contributed by atoms with Crippen LogP contribution in [-0.4, -0.2) is 48.0 Å². The Morgan fingerprint density at radius 2 is 2.11 bits per heavy atom. The van der Waals surface area contributed by atoms with Gasteiger partial charge in [0.2, 0.25) is 0 Å². The topological polar surface area (TPSA) is 58.1 Å². The van der Waals surface area contributed by atoms with Crippen molar-refractivity contribution in [3.63, 3.8) is 0 Å². The van der Waals surface area contributed by atoms with E-state index in [2.05, 4.69) is 15.3 Å². The summed E-state index contributed by atoms with van der Waals surface area (Å²) < 4.78 is 0. The van der Waals surface area contributed by atoms with Gasteiger partial charge in [-0.25, -0.2) is 4.98 Å². The second-order valence-corrected chi connectivity index (χ2v) is 5.19. The fourth-order valence-corrected chi connectivity index (χ4v) is 2.29. The largest absolute Gasteiger partial charge is 0.349 e. The molecular weight excluding hydrogens is 260 g/mol. The predicted octanol–water partition coefficient (Wildman–Crippen LogP) is 1.50. The van der Waals surface area contributed by atoms with Crippen LogP contribution in [0.4, 0.5) is 0 Å².